The number of anilines is 1. The third kappa shape index (κ3) is 3.17. The summed E-state index contributed by atoms with van der Waals surface area (Å²) in [7, 11) is 3.13. The molecule has 21 heavy (non-hydrogen) atoms. The zero-order valence-corrected chi connectivity index (χ0v) is 13.0. The Morgan fingerprint density at radius 2 is 2.05 bits per heavy atom. The van der Waals surface area contributed by atoms with E-state index in [1.165, 1.54) is 12.0 Å². The number of rotatable bonds is 1. The minimum Gasteiger partial charge on any atom is -0.469 e. The number of aryl methyl sites for hydroxylation is 1. The third-order valence-electron chi connectivity index (χ3n) is 3.32. The van der Waals surface area contributed by atoms with Crippen LogP contribution in [-0.2, 0) is 27.7 Å². The fourth-order valence-electron chi connectivity index (χ4n) is 2.34. The number of aromatic nitrogens is 2. The SMILES string of the molecule is COC(=O)C1Cc2c(cnn2C)N(C(=O)OC(C)(C)C)C1. The Morgan fingerprint density at radius 3 is 2.62 bits per heavy atom. The number of methoxy groups -OCH3 is 1. The van der Waals surface area contributed by atoms with Crippen LogP contribution in [0.2, 0.25) is 0 Å². The summed E-state index contributed by atoms with van der Waals surface area (Å²) in [5, 5.41) is 4.16. The van der Waals surface area contributed by atoms with Gasteiger partial charge in [0.2, 0.25) is 0 Å². The zero-order valence-electron chi connectivity index (χ0n) is 13.0. The van der Waals surface area contributed by atoms with Crippen LogP contribution in [0.1, 0.15) is 26.5 Å². The quantitative estimate of drug-likeness (QED) is 0.734. The van der Waals surface area contributed by atoms with E-state index in [2.05, 4.69) is 5.10 Å². The smallest absolute Gasteiger partial charge is 0.414 e. The molecular formula is C14H21N3O4. The lowest BCUT2D eigenvalue weighted by Gasteiger charge is -2.32. The summed E-state index contributed by atoms with van der Waals surface area (Å²) in [5.74, 6) is -0.749. The average Bonchev–Trinajstić information content (AvgIpc) is 2.76. The molecule has 1 aliphatic heterocycles. The minimum atomic E-state index is -0.600. The highest BCUT2D eigenvalue weighted by molar-refractivity contribution is 5.91. The highest BCUT2D eigenvalue weighted by atomic mass is 16.6. The molecule has 0 fully saturated rings. The van der Waals surface area contributed by atoms with E-state index >= 15 is 0 Å². The molecule has 1 aliphatic rings. The molecule has 7 heteroatoms. The number of amides is 1. The monoisotopic (exact) mass is 295 g/mol. The van der Waals surface area contributed by atoms with Crippen molar-refractivity contribution in [3.8, 4) is 0 Å². The highest BCUT2D eigenvalue weighted by Crippen LogP contribution is 2.31. The Morgan fingerprint density at radius 1 is 1.38 bits per heavy atom. The van der Waals surface area contributed by atoms with Gasteiger partial charge in [0, 0.05) is 20.0 Å². The molecule has 0 saturated heterocycles. The second kappa shape index (κ2) is 5.38. The van der Waals surface area contributed by atoms with E-state index in [1.807, 2.05) is 0 Å². The Balaban J connectivity index is 2.31. The van der Waals surface area contributed by atoms with Crippen molar-refractivity contribution in [1.82, 2.24) is 9.78 Å². The topological polar surface area (TPSA) is 73.7 Å². The zero-order chi connectivity index (χ0) is 15.8. The molecule has 116 valence electrons. The summed E-state index contributed by atoms with van der Waals surface area (Å²) >= 11 is 0. The summed E-state index contributed by atoms with van der Waals surface area (Å²) in [6, 6.07) is 0. The lowest BCUT2D eigenvalue weighted by Crippen LogP contribution is -2.45. The van der Waals surface area contributed by atoms with Crippen molar-refractivity contribution in [3.05, 3.63) is 11.9 Å². The number of esters is 1. The van der Waals surface area contributed by atoms with Crippen molar-refractivity contribution in [2.45, 2.75) is 32.8 Å². The second-order valence-electron chi connectivity index (χ2n) is 6.12. The maximum atomic E-state index is 12.4. The van der Waals surface area contributed by atoms with Gasteiger partial charge in [0.1, 0.15) is 5.60 Å². The first-order chi connectivity index (χ1) is 9.73. The Hall–Kier alpha value is -2.05. The van der Waals surface area contributed by atoms with Crippen LogP contribution in [0.4, 0.5) is 10.5 Å². The van der Waals surface area contributed by atoms with Gasteiger partial charge < -0.3 is 9.47 Å². The molecule has 0 spiro atoms. The molecule has 1 aromatic heterocycles. The van der Waals surface area contributed by atoms with Crippen LogP contribution in [-0.4, -0.2) is 41.1 Å². The fourth-order valence-corrected chi connectivity index (χ4v) is 2.34. The van der Waals surface area contributed by atoms with Crippen LogP contribution < -0.4 is 4.90 Å². The summed E-state index contributed by atoms with van der Waals surface area (Å²) in [6.07, 6.45) is 1.63. The van der Waals surface area contributed by atoms with Crippen LogP contribution in [0.3, 0.4) is 0 Å². The second-order valence-corrected chi connectivity index (χ2v) is 6.12. The van der Waals surface area contributed by atoms with E-state index in [9.17, 15) is 9.59 Å². The van der Waals surface area contributed by atoms with Crippen molar-refractivity contribution in [3.63, 3.8) is 0 Å². The first kappa shape index (κ1) is 15.3. The molecule has 2 rings (SSSR count). The molecule has 0 aliphatic carbocycles. The van der Waals surface area contributed by atoms with E-state index in [1.54, 1.807) is 38.7 Å². The van der Waals surface area contributed by atoms with Crippen LogP contribution in [0, 0.1) is 5.92 Å². The van der Waals surface area contributed by atoms with E-state index in [4.69, 9.17) is 9.47 Å². The third-order valence-corrected chi connectivity index (χ3v) is 3.32. The molecule has 1 amide bonds. The van der Waals surface area contributed by atoms with Gasteiger partial charge in [-0.05, 0) is 20.8 Å². The maximum absolute atomic E-state index is 12.4. The minimum absolute atomic E-state index is 0.236. The number of ether oxygens (including phenoxy) is 2. The average molecular weight is 295 g/mol. The van der Waals surface area contributed by atoms with E-state index in [-0.39, 0.29) is 12.5 Å². The normalized spacial score (nSPS) is 18.1. The number of fused-ring (bicyclic) bond motifs is 1. The summed E-state index contributed by atoms with van der Waals surface area (Å²) in [5.41, 5.74) is 0.909. The predicted octanol–water partition coefficient (Wildman–Crippen LogP) is 1.51. The Kier molecular flexibility index (Phi) is 3.93. The number of nitrogens with zero attached hydrogens (tertiary/aromatic N) is 3. The standard InChI is InChI=1S/C14H21N3O4/c1-14(2,3)21-13(19)17-8-9(12(18)20-5)6-10-11(17)7-15-16(10)4/h7,9H,6,8H2,1-5H3. The molecule has 1 aromatic rings. The highest BCUT2D eigenvalue weighted by Gasteiger charge is 2.37. The van der Waals surface area contributed by atoms with Crippen molar-refractivity contribution in [1.29, 1.82) is 0 Å². The van der Waals surface area contributed by atoms with Crippen LogP contribution in [0.25, 0.3) is 0 Å². The number of hydrogen-bond donors (Lipinski definition) is 0. The van der Waals surface area contributed by atoms with Crippen LogP contribution in [0.15, 0.2) is 6.20 Å². The van der Waals surface area contributed by atoms with Crippen LogP contribution >= 0.6 is 0 Å². The molecule has 0 aromatic carbocycles. The largest absolute Gasteiger partial charge is 0.469 e. The molecule has 1 unspecified atom stereocenters. The van der Waals surface area contributed by atoms with Gasteiger partial charge in [-0.25, -0.2) is 4.79 Å². The van der Waals surface area contributed by atoms with Gasteiger partial charge in [-0.3, -0.25) is 14.4 Å². The Labute approximate surface area is 123 Å². The van der Waals surface area contributed by atoms with Crippen molar-refractivity contribution in [2.75, 3.05) is 18.6 Å². The van der Waals surface area contributed by atoms with Gasteiger partial charge in [0.05, 0.1) is 30.6 Å². The lowest BCUT2D eigenvalue weighted by atomic mass is 9.97. The molecule has 0 saturated carbocycles. The van der Waals surface area contributed by atoms with Crippen molar-refractivity contribution in [2.24, 2.45) is 13.0 Å². The Bertz CT molecular complexity index is 559. The first-order valence-electron chi connectivity index (χ1n) is 6.82. The molecule has 1 atom stereocenters. The summed E-state index contributed by atoms with van der Waals surface area (Å²) < 4.78 is 11.9. The van der Waals surface area contributed by atoms with Crippen LogP contribution in [0.5, 0.6) is 0 Å². The van der Waals surface area contributed by atoms with E-state index in [0.717, 1.165) is 5.69 Å². The van der Waals surface area contributed by atoms with Gasteiger partial charge in [-0.2, -0.15) is 5.10 Å². The predicted molar refractivity (Wildman–Crippen MR) is 76.0 cm³/mol. The number of hydrogen-bond acceptors (Lipinski definition) is 5. The van der Waals surface area contributed by atoms with Gasteiger partial charge in [-0.15, -0.1) is 0 Å². The van der Waals surface area contributed by atoms with Gasteiger partial charge in [0.15, 0.2) is 0 Å². The van der Waals surface area contributed by atoms with Crippen molar-refractivity contribution < 1.29 is 19.1 Å². The lowest BCUT2D eigenvalue weighted by molar-refractivity contribution is -0.145. The fraction of sp³-hybridized carbons (Fsp3) is 0.643. The van der Waals surface area contributed by atoms with Gasteiger partial charge >= 0.3 is 12.1 Å². The molecule has 7 nitrogen and oxygen atoms in total. The summed E-state index contributed by atoms with van der Waals surface area (Å²) in [4.78, 5) is 25.6. The van der Waals surface area contributed by atoms with E-state index in [0.29, 0.717) is 12.1 Å². The number of carbonyl (C=O) groups is 2. The molecule has 0 bridgehead atoms. The van der Waals surface area contributed by atoms with E-state index < -0.39 is 17.6 Å². The molecule has 2 heterocycles. The summed E-state index contributed by atoms with van der Waals surface area (Å²) in [6.45, 7) is 5.64. The number of carbonyl (C=O) groups excluding carboxylic acids is 2. The molecule has 0 radical (unpaired) electrons. The van der Waals surface area contributed by atoms with Gasteiger partial charge in [-0.1, -0.05) is 0 Å². The van der Waals surface area contributed by atoms with Gasteiger partial charge in [0.25, 0.3) is 0 Å². The van der Waals surface area contributed by atoms with Crippen molar-refractivity contribution >= 4 is 17.7 Å². The maximum Gasteiger partial charge on any atom is 0.414 e. The first-order valence-corrected chi connectivity index (χ1v) is 6.82. The molecule has 0 N–H and O–H groups in total. The molecular weight excluding hydrogens is 274 g/mol.